The van der Waals surface area contributed by atoms with Gasteiger partial charge in [-0.3, -0.25) is 4.79 Å². The summed E-state index contributed by atoms with van der Waals surface area (Å²) in [6.07, 6.45) is 0.906. The second-order valence-electron chi connectivity index (χ2n) is 4.69. The van der Waals surface area contributed by atoms with Crippen LogP contribution in [-0.2, 0) is 11.2 Å². The first-order valence-electron chi connectivity index (χ1n) is 6.16. The van der Waals surface area contributed by atoms with Crippen LogP contribution in [0.5, 0.6) is 0 Å². The molecule has 0 aliphatic carbocycles. The van der Waals surface area contributed by atoms with Crippen molar-refractivity contribution in [3.8, 4) is 0 Å². The number of nitrogens with one attached hydrogen (secondary N) is 1. The normalized spacial score (nSPS) is 12.7. The third-order valence-corrected chi connectivity index (χ3v) is 2.76. The minimum absolute atomic E-state index is 0.313. The Morgan fingerprint density at radius 2 is 2.00 bits per heavy atom. The summed E-state index contributed by atoms with van der Waals surface area (Å²) in [5.41, 5.74) is 7.65. The molecule has 0 aliphatic rings. The predicted molar refractivity (Wildman–Crippen MR) is 70.6 cm³/mol. The second kappa shape index (κ2) is 6.40. The van der Waals surface area contributed by atoms with Crippen LogP contribution in [0, 0.1) is 5.92 Å². The lowest BCUT2D eigenvalue weighted by molar-refractivity contribution is -0.120. The van der Waals surface area contributed by atoms with E-state index in [1.165, 1.54) is 5.56 Å². The molecule has 1 aromatic carbocycles. The number of aryl methyl sites for hydroxylation is 1. The van der Waals surface area contributed by atoms with Crippen molar-refractivity contribution >= 4 is 5.91 Å². The topological polar surface area (TPSA) is 55.1 Å². The van der Waals surface area contributed by atoms with Gasteiger partial charge in [0.15, 0.2) is 0 Å². The van der Waals surface area contributed by atoms with E-state index in [4.69, 9.17) is 5.73 Å². The molecule has 1 rings (SSSR count). The number of nitrogens with two attached hydrogens (primary N) is 1. The van der Waals surface area contributed by atoms with E-state index in [0.29, 0.717) is 5.92 Å². The molecule has 0 saturated carbocycles. The highest BCUT2D eigenvalue weighted by atomic mass is 16.1. The Hall–Kier alpha value is -1.35. The number of rotatable bonds is 6. The van der Waals surface area contributed by atoms with Gasteiger partial charge in [0.25, 0.3) is 0 Å². The van der Waals surface area contributed by atoms with E-state index in [1.54, 1.807) is 0 Å². The van der Waals surface area contributed by atoms with Crippen LogP contribution in [0.3, 0.4) is 0 Å². The van der Waals surface area contributed by atoms with E-state index >= 15 is 0 Å². The van der Waals surface area contributed by atoms with Crippen LogP contribution in [0.4, 0.5) is 0 Å². The Morgan fingerprint density at radius 1 is 1.35 bits per heavy atom. The van der Waals surface area contributed by atoms with Crippen LogP contribution < -0.4 is 11.1 Å². The number of primary amides is 1. The summed E-state index contributed by atoms with van der Waals surface area (Å²) in [5, 5.41) is 3.24. The van der Waals surface area contributed by atoms with Gasteiger partial charge in [-0.15, -0.1) is 0 Å². The van der Waals surface area contributed by atoms with Crippen molar-refractivity contribution in [3.05, 3.63) is 35.4 Å². The van der Waals surface area contributed by atoms with E-state index < -0.39 is 0 Å². The molecule has 17 heavy (non-hydrogen) atoms. The number of carbonyl (C=O) groups excluding carboxylic acids is 1. The Morgan fingerprint density at radius 3 is 2.53 bits per heavy atom. The van der Waals surface area contributed by atoms with E-state index in [2.05, 4.69) is 26.1 Å². The molecule has 0 saturated heterocycles. The summed E-state index contributed by atoms with van der Waals surface area (Å²) < 4.78 is 0. The number of amides is 1. The zero-order chi connectivity index (χ0) is 12.8. The average Bonchev–Trinajstić information content (AvgIpc) is 2.29. The maximum Gasteiger partial charge on any atom is 0.239 e. The summed E-state index contributed by atoms with van der Waals surface area (Å²) in [5.74, 6) is 0.178. The summed E-state index contributed by atoms with van der Waals surface area (Å²) >= 11 is 0. The molecule has 94 valence electrons. The van der Waals surface area contributed by atoms with Gasteiger partial charge >= 0.3 is 0 Å². The highest BCUT2D eigenvalue weighted by Crippen LogP contribution is 2.18. The largest absolute Gasteiger partial charge is 0.368 e. The molecule has 1 unspecified atom stereocenters. The van der Waals surface area contributed by atoms with Crippen molar-refractivity contribution in [3.63, 3.8) is 0 Å². The van der Waals surface area contributed by atoms with Gasteiger partial charge in [0.1, 0.15) is 6.04 Å². The molecule has 0 aromatic heterocycles. The molecular weight excluding hydrogens is 212 g/mol. The SMILES string of the molecule is CCc1ccccc1C(NCC(C)C)C(N)=O. The molecule has 3 nitrogen and oxygen atoms in total. The summed E-state index contributed by atoms with van der Waals surface area (Å²) in [7, 11) is 0. The fourth-order valence-corrected chi connectivity index (χ4v) is 1.86. The molecule has 0 radical (unpaired) electrons. The molecule has 3 N–H and O–H groups in total. The van der Waals surface area contributed by atoms with E-state index in [0.717, 1.165) is 18.5 Å². The quantitative estimate of drug-likeness (QED) is 0.791. The number of benzene rings is 1. The lowest BCUT2D eigenvalue weighted by atomic mass is 9.97. The lowest BCUT2D eigenvalue weighted by Gasteiger charge is -2.19. The minimum atomic E-state index is -0.381. The zero-order valence-electron chi connectivity index (χ0n) is 10.9. The maximum atomic E-state index is 11.5. The average molecular weight is 234 g/mol. The molecule has 0 bridgehead atoms. The number of hydrogen-bond donors (Lipinski definition) is 2. The van der Waals surface area contributed by atoms with Crippen molar-refractivity contribution in [1.82, 2.24) is 5.32 Å². The van der Waals surface area contributed by atoms with Gasteiger partial charge in [-0.25, -0.2) is 0 Å². The lowest BCUT2D eigenvalue weighted by Crippen LogP contribution is -2.36. The summed E-state index contributed by atoms with van der Waals surface area (Å²) in [6, 6.07) is 7.57. The fraction of sp³-hybridized carbons (Fsp3) is 0.500. The predicted octanol–water partition coefficient (Wildman–Crippen LogP) is 2.02. The van der Waals surface area contributed by atoms with Crippen LogP contribution in [0.25, 0.3) is 0 Å². The molecular formula is C14H22N2O. The van der Waals surface area contributed by atoms with Crippen molar-refractivity contribution in [1.29, 1.82) is 0 Å². The third-order valence-electron chi connectivity index (χ3n) is 2.76. The van der Waals surface area contributed by atoms with Crippen LogP contribution in [0.15, 0.2) is 24.3 Å². The van der Waals surface area contributed by atoms with Crippen LogP contribution in [-0.4, -0.2) is 12.5 Å². The van der Waals surface area contributed by atoms with E-state index in [9.17, 15) is 4.79 Å². The van der Waals surface area contributed by atoms with Gasteiger partial charge in [-0.2, -0.15) is 0 Å². The van der Waals surface area contributed by atoms with Gasteiger partial charge in [-0.1, -0.05) is 45.0 Å². The number of hydrogen-bond acceptors (Lipinski definition) is 2. The molecule has 1 atom stereocenters. The first-order valence-corrected chi connectivity index (χ1v) is 6.16. The van der Waals surface area contributed by atoms with Gasteiger partial charge in [0, 0.05) is 0 Å². The first-order chi connectivity index (χ1) is 8.06. The highest BCUT2D eigenvalue weighted by molar-refractivity contribution is 5.81. The standard InChI is InChI=1S/C14H22N2O/c1-4-11-7-5-6-8-12(11)13(14(15)17)16-9-10(2)3/h5-8,10,13,16H,4,9H2,1-3H3,(H2,15,17). The van der Waals surface area contributed by atoms with Gasteiger partial charge in [-0.05, 0) is 30.0 Å². The Balaban J connectivity index is 2.93. The van der Waals surface area contributed by atoms with Crippen molar-refractivity contribution in [2.45, 2.75) is 33.2 Å². The zero-order valence-corrected chi connectivity index (χ0v) is 10.9. The Bertz CT molecular complexity index is 374. The molecule has 1 amide bonds. The molecule has 0 heterocycles. The number of carbonyl (C=O) groups is 1. The molecule has 3 heteroatoms. The third kappa shape index (κ3) is 3.86. The molecule has 0 spiro atoms. The summed E-state index contributed by atoms with van der Waals surface area (Å²) in [4.78, 5) is 11.5. The Labute approximate surface area is 103 Å². The van der Waals surface area contributed by atoms with Crippen LogP contribution in [0.2, 0.25) is 0 Å². The highest BCUT2D eigenvalue weighted by Gasteiger charge is 2.19. The van der Waals surface area contributed by atoms with E-state index in [1.807, 2.05) is 24.3 Å². The van der Waals surface area contributed by atoms with Crippen molar-refractivity contribution < 1.29 is 4.79 Å². The smallest absolute Gasteiger partial charge is 0.239 e. The van der Waals surface area contributed by atoms with Gasteiger partial charge in [0.2, 0.25) is 5.91 Å². The molecule has 1 aromatic rings. The Kier molecular flexibility index (Phi) is 5.16. The monoisotopic (exact) mass is 234 g/mol. The van der Waals surface area contributed by atoms with Crippen LogP contribution in [0.1, 0.15) is 37.9 Å². The maximum absolute atomic E-state index is 11.5. The van der Waals surface area contributed by atoms with Crippen molar-refractivity contribution in [2.24, 2.45) is 11.7 Å². The van der Waals surface area contributed by atoms with Crippen molar-refractivity contribution in [2.75, 3.05) is 6.54 Å². The minimum Gasteiger partial charge on any atom is -0.368 e. The van der Waals surface area contributed by atoms with E-state index in [-0.39, 0.29) is 11.9 Å². The first kappa shape index (κ1) is 13.7. The molecule has 0 fully saturated rings. The summed E-state index contributed by atoms with van der Waals surface area (Å²) in [6.45, 7) is 7.08. The second-order valence-corrected chi connectivity index (χ2v) is 4.69. The van der Waals surface area contributed by atoms with Crippen LogP contribution >= 0.6 is 0 Å². The van der Waals surface area contributed by atoms with Gasteiger partial charge < -0.3 is 11.1 Å². The van der Waals surface area contributed by atoms with Gasteiger partial charge in [0.05, 0.1) is 0 Å². The molecule has 0 aliphatic heterocycles. The fourth-order valence-electron chi connectivity index (χ4n) is 1.86.